The van der Waals surface area contributed by atoms with Crippen LogP contribution in [-0.2, 0) is 9.47 Å². The number of hydrogen-bond donors (Lipinski definition) is 1. The van der Waals surface area contributed by atoms with E-state index in [2.05, 4.69) is 39.9 Å². The Bertz CT molecular complexity index is 240. The lowest BCUT2D eigenvalue weighted by Gasteiger charge is -2.37. The van der Waals surface area contributed by atoms with Crippen LogP contribution in [0.4, 0.5) is 0 Å². The van der Waals surface area contributed by atoms with Crippen LogP contribution in [0.25, 0.3) is 0 Å². The average Bonchev–Trinajstić information content (AvgIpc) is 2.53. The molecule has 1 N–H and O–H groups in total. The van der Waals surface area contributed by atoms with Crippen molar-refractivity contribution < 1.29 is 9.47 Å². The summed E-state index contributed by atoms with van der Waals surface area (Å²) in [5, 5.41) is 3.61. The van der Waals surface area contributed by atoms with Gasteiger partial charge in [0.1, 0.15) is 0 Å². The molecule has 0 radical (unpaired) electrons. The van der Waals surface area contributed by atoms with Crippen LogP contribution in [-0.4, -0.2) is 32.1 Å². The monoisotopic (exact) mass is 329 g/mol. The maximum Gasteiger partial charge on any atom is 0.169 e. The number of rotatable bonds is 17. The molecule has 0 heterocycles. The van der Waals surface area contributed by atoms with E-state index in [0.717, 1.165) is 13.1 Å². The van der Waals surface area contributed by atoms with Crippen LogP contribution in [0.2, 0.25) is 0 Å². The highest BCUT2D eigenvalue weighted by Crippen LogP contribution is 2.28. The minimum atomic E-state index is -0.452. The zero-order valence-corrected chi connectivity index (χ0v) is 16.6. The molecule has 0 bridgehead atoms. The largest absolute Gasteiger partial charge is 0.350 e. The molecule has 0 fully saturated rings. The molecule has 0 aliphatic heterocycles. The van der Waals surface area contributed by atoms with Crippen LogP contribution >= 0.6 is 0 Å². The van der Waals surface area contributed by atoms with Crippen molar-refractivity contribution in [2.75, 3.05) is 26.3 Å². The molecule has 1 atom stereocenters. The number of ether oxygens (including phenoxy) is 2. The fourth-order valence-corrected chi connectivity index (χ4v) is 3.15. The molecular weight excluding hydrogens is 286 g/mol. The van der Waals surface area contributed by atoms with E-state index >= 15 is 0 Å². The lowest BCUT2D eigenvalue weighted by Crippen LogP contribution is -2.45. The van der Waals surface area contributed by atoms with Crippen molar-refractivity contribution in [1.82, 2.24) is 5.32 Å². The first-order valence-electron chi connectivity index (χ1n) is 10.1. The summed E-state index contributed by atoms with van der Waals surface area (Å²) in [6, 6.07) is 0. The van der Waals surface area contributed by atoms with Crippen LogP contribution in [0.5, 0.6) is 0 Å². The molecule has 23 heavy (non-hydrogen) atoms. The molecule has 0 aliphatic carbocycles. The molecule has 0 rings (SSSR count). The summed E-state index contributed by atoms with van der Waals surface area (Å²) in [6.45, 7) is 14.3. The number of hydrogen-bond acceptors (Lipinski definition) is 3. The zero-order valence-electron chi connectivity index (χ0n) is 16.6. The van der Waals surface area contributed by atoms with Crippen molar-refractivity contribution in [2.45, 2.75) is 98.2 Å². The smallest absolute Gasteiger partial charge is 0.169 e. The molecular formula is C20H43NO2. The lowest BCUT2D eigenvalue weighted by atomic mass is 9.92. The first-order chi connectivity index (χ1) is 11.1. The molecule has 0 amide bonds. The molecule has 0 aromatic heterocycles. The van der Waals surface area contributed by atoms with E-state index < -0.39 is 5.79 Å². The molecule has 3 heteroatoms. The first-order valence-corrected chi connectivity index (χ1v) is 10.1. The van der Waals surface area contributed by atoms with Crippen molar-refractivity contribution >= 4 is 0 Å². The van der Waals surface area contributed by atoms with Crippen LogP contribution in [0.15, 0.2) is 0 Å². The summed E-state index contributed by atoms with van der Waals surface area (Å²) in [4.78, 5) is 0. The van der Waals surface area contributed by atoms with Crippen molar-refractivity contribution in [3.8, 4) is 0 Å². The number of nitrogens with one attached hydrogen (secondary N) is 1. The second-order valence-corrected chi connectivity index (χ2v) is 6.69. The summed E-state index contributed by atoms with van der Waals surface area (Å²) in [6.07, 6.45) is 11.7. The Morgan fingerprint density at radius 2 is 1.35 bits per heavy atom. The van der Waals surface area contributed by atoms with E-state index in [1.54, 1.807) is 0 Å². The van der Waals surface area contributed by atoms with Gasteiger partial charge in [-0.05, 0) is 40.2 Å². The maximum absolute atomic E-state index is 6.02. The number of unbranched alkanes of at least 4 members (excludes halogenated alkanes) is 6. The van der Waals surface area contributed by atoms with E-state index in [4.69, 9.17) is 9.47 Å². The van der Waals surface area contributed by atoms with Gasteiger partial charge in [-0.15, -0.1) is 0 Å². The molecule has 1 unspecified atom stereocenters. The van der Waals surface area contributed by atoms with E-state index in [1.165, 1.54) is 57.8 Å². The average molecular weight is 330 g/mol. The van der Waals surface area contributed by atoms with E-state index in [0.29, 0.717) is 19.1 Å². The van der Waals surface area contributed by atoms with Gasteiger partial charge in [-0.3, -0.25) is 0 Å². The van der Waals surface area contributed by atoms with Crippen molar-refractivity contribution in [1.29, 1.82) is 0 Å². The predicted molar refractivity (Wildman–Crippen MR) is 101 cm³/mol. The second kappa shape index (κ2) is 15.4. The SMILES string of the molecule is CCCCCCCCC(CNCCCC)C(C)(OCC)OCC. The van der Waals surface area contributed by atoms with Crippen LogP contribution < -0.4 is 5.32 Å². The van der Waals surface area contributed by atoms with Gasteiger partial charge in [-0.2, -0.15) is 0 Å². The summed E-state index contributed by atoms with van der Waals surface area (Å²) in [5.74, 6) is -0.0306. The molecule has 0 aliphatic rings. The lowest BCUT2D eigenvalue weighted by molar-refractivity contribution is -0.252. The Morgan fingerprint density at radius 3 is 1.91 bits per heavy atom. The Hall–Kier alpha value is -0.120. The van der Waals surface area contributed by atoms with Crippen LogP contribution in [0.1, 0.15) is 92.4 Å². The fourth-order valence-electron chi connectivity index (χ4n) is 3.15. The molecule has 0 aromatic rings. The van der Waals surface area contributed by atoms with Crippen LogP contribution in [0.3, 0.4) is 0 Å². The van der Waals surface area contributed by atoms with Gasteiger partial charge in [0.25, 0.3) is 0 Å². The van der Waals surface area contributed by atoms with Gasteiger partial charge >= 0.3 is 0 Å². The zero-order chi connectivity index (χ0) is 17.4. The molecule has 0 saturated heterocycles. The van der Waals surface area contributed by atoms with Gasteiger partial charge < -0.3 is 14.8 Å². The van der Waals surface area contributed by atoms with Gasteiger partial charge in [0.2, 0.25) is 0 Å². The summed E-state index contributed by atoms with van der Waals surface area (Å²) in [5.41, 5.74) is 0. The van der Waals surface area contributed by atoms with Gasteiger partial charge in [0.05, 0.1) is 0 Å². The predicted octanol–water partition coefficient (Wildman–Crippen LogP) is 5.53. The van der Waals surface area contributed by atoms with Gasteiger partial charge in [-0.25, -0.2) is 0 Å². The Kier molecular flexibility index (Phi) is 15.3. The van der Waals surface area contributed by atoms with E-state index in [1.807, 2.05) is 0 Å². The van der Waals surface area contributed by atoms with Crippen LogP contribution in [0, 0.1) is 5.92 Å². The molecule has 3 nitrogen and oxygen atoms in total. The third kappa shape index (κ3) is 11.1. The van der Waals surface area contributed by atoms with Crippen molar-refractivity contribution in [3.05, 3.63) is 0 Å². The van der Waals surface area contributed by atoms with E-state index in [9.17, 15) is 0 Å². The third-order valence-electron chi connectivity index (χ3n) is 4.61. The van der Waals surface area contributed by atoms with Gasteiger partial charge in [0.15, 0.2) is 5.79 Å². The normalized spacial score (nSPS) is 13.4. The highest BCUT2D eigenvalue weighted by molar-refractivity contribution is 4.78. The quantitative estimate of drug-likeness (QED) is 0.281. The summed E-state index contributed by atoms with van der Waals surface area (Å²) >= 11 is 0. The standard InChI is InChI=1S/C20H43NO2/c1-6-10-12-13-14-15-16-19(18-21-17-11-7-2)20(5,22-8-3)23-9-4/h19,21H,6-18H2,1-5H3. The van der Waals surface area contributed by atoms with Gasteiger partial charge in [-0.1, -0.05) is 58.8 Å². The Labute approximate surface area is 145 Å². The summed E-state index contributed by atoms with van der Waals surface area (Å²) in [7, 11) is 0. The Morgan fingerprint density at radius 1 is 0.783 bits per heavy atom. The highest BCUT2D eigenvalue weighted by atomic mass is 16.7. The molecule has 0 saturated carbocycles. The minimum Gasteiger partial charge on any atom is -0.350 e. The van der Waals surface area contributed by atoms with E-state index in [-0.39, 0.29) is 0 Å². The maximum atomic E-state index is 6.02. The third-order valence-corrected chi connectivity index (χ3v) is 4.61. The Balaban J connectivity index is 4.39. The fraction of sp³-hybridized carbons (Fsp3) is 1.00. The van der Waals surface area contributed by atoms with Crippen molar-refractivity contribution in [2.24, 2.45) is 5.92 Å². The second-order valence-electron chi connectivity index (χ2n) is 6.69. The first kappa shape index (κ1) is 22.9. The molecule has 0 aromatic carbocycles. The molecule has 0 spiro atoms. The molecule has 140 valence electrons. The highest BCUT2D eigenvalue weighted by Gasteiger charge is 2.34. The topological polar surface area (TPSA) is 30.5 Å². The van der Waals surface area contributed by atoms with Gasteiger partial charge in [0, 0.05) is 25.7 Å². The minimum absolute atomic E-state index is 0.422. The summed E-state index contributed by atoms with van der Waals surface area (Å²) < 4.78 is 12.0. The van der Waals surface area contributed by atoms with Crippen molar-refractivity contribution in [3.63, 3.8) is 0 Å².